The molecule has 4 nitrogen and oxygen atoms in total. The second-order valence-electron chi connectivity index (χ2n) is 5.37. The predicted octanol–water partition coefficient (Wildman–Crippen LogP) is 5.23. The zero-order chi connectivity index (χ0) is 19.8. The second-order valence-corrected chi connectivity index (χ2v) is 7.83. The number of pyridine rings is 1. The molecule has 1 aromatic carbocycles. The number of hydrogen-bond donors (Lipinski definition) is 0. The maximum Gasteiger partial charge on any atom is 0.446 e. The highest BCUT2D eigenvalue weighted by Gasteiger charge is 2.39. The van der Waals surface area contributed by atoms with E-state index in [0.29, 0.717) is 0 Å². The molecule has 1 aromatic heterocycles. The van der Waals surface area contributed by atoms with Gasteiger partial charge in [-0.2, -0.15) is 13.2 Å². The molecule has 0 bridgehead atoms. The third kappa shape index (κ3) is 4.20. The molecule has 27 heavy (non-hydrogen) atoms. The molecule has 1 aliphatic rings. The molecule has 2 aromatic rings. The lowest BCUT2D eigenvalue weighted by Gasteiger charge is -2.21. The minimum atomic E-state index is -4.47. The number of hydrogen-bond acceptors (Lipinski definition) is 6. The van der Waals surface area contributed by atoms with E-state index in [1.807, 2.05) is 0 Å². The summed E-state index contributed by atoms with van der Waals surface area (Å²) in [5.74, 6) is -0.784. The molecule has 0 saturated carbocycles. The van der Waals surface area contributed by atoms with Crippen LogP contribution in [-0.4, -0.2) is 39.3 Å². The number of Topliss-reactive ketones (excluding diaryl/α,β-unsaturated/α-hetero) is 2. The number of ketones is 2. The minimum Gasteiger partial charge on any atom is -0.291 e. The number of fused-ring (bicyclic) bond motifs is 1. The van der Waals surface area contributed by atoms with E-state index in [2.05, 4.69) is 9.98 Å². The highest BCUT2D eigenvalue weighted by atomic mass is 35.5. The molecule has 0 fully saturated rings. The maximum absolute atomic E-state index is 12.8. The van der Waals surface area contributed by atoms with Gasteiger partial charge in [-0.15, -0.1) is 11.8 Å². The topological polar surface area (TPSA) is 59.4 Å². The van der Waals surface area contributed by atoms with E-state index >= 15 is 0 Å². The highest BCUT2D eigenvalue weighted by molar-refractivity contribution is 8.01. The van der Waals surface area contributed by atoms with Gasteiger partial charge in [-0.1, -0.05) is 11.6 Å². The van der Waals surface area contributed by atoms with E-state index in [1.165, 1.54) is 30.5 Å². The van der Waals surface area contributed by atoms with Gasteiger partial charge in [-0.25, -0.2) is 4.99 Å². The summed E-state index contributed by atoms with van der Waals surface area (Å²) in [4.78, 5) is 33.4. The zero-order valence-corrected chi connectivity index (χ0v) is 16.0. The SMILES string of the molecule is CSC1C(=O)c2ncccc2C(=O)C1=Nc1ccc(SC(F)(F)F)c(Cl)c1. The smallest absolute Gasteiger partial charge is 0.291 e. The highest BCUT2D eigenvalue weighted by Crippen LogP contribution is 2.41. The summed E-state index contributed by atoms with van der Waals surface area (Å²) < 4.78 is 37.5. The summed E-state index contributed by atoms with van der Waals surface area (Å²) in [5, 5.41) is -0.987. The summed E-state index contributed by atoms with van der Waals surface area (Å²) in [7, 11) is 0. The molecule has 140 valence electrons. The number of carbonyl (C=O) groups is 2. The summed E-state index contributed by atoms with van der Waals surface area (Å²) in [6, 6.07) is 6.77. The number of rotatable bonds is 3. The summed E-state index contributed by atoms with van der Waals surface area (Å²) >= 11 is 6.71. The first-order valence-corrected chi connectivity index (χ1v) is 9.90. The number of benzene rings is 1. The monoisotopic (exact) mass is 430 g/mol. The lowest BCUT2D eigenvalue weighted by atomic mass is 9.91. The van der Waals surface area contributed by atoms with Crippen molar-refractivity contribution in [2.45, 2.75) is 15.7 Å². The lowest BCUT2D eigenvalue weighted by molar-refractivity contribution is -0.0328. The van der Waals surface area contributed by atoms with Crippen LogP contribution in [0.2, 0.25) is 5.02 Å². The molecule has 0 spiro atoms. The van der Waals surface area contributed by atoms with Crippen LogP contribution in [-0.2, 0) is 0 Å². The van der Waals surface area contributed by atoms with Gasteiger partial charge in [0, 0.05) is 11.1 Å². The van der Waals surface area contributed by atoms with E-state index in [9.17, 15) is 22.8 Å². The molecular formula is C17H10ClF3N2O2S2. The standard InChI is InChI=1S/C17H10ClF3N2O2S2/c1-26-16-13(14(24)9-3-2-6-22-12(9)15(16)25)23-8-4-5-11(10(18)7-8)27-17(19,20)21/h2-7,16H,1H3. The Morgan fingerprint density at radius 2 is 1.96 bits per heavy atom. The van der Waals surface area contributed by atoms with Crippen LogP contribution >= 0.6 is 35.1 Å². The van der Waals surface area contributed by atoms with Gasteiger partial charge in [-0.3, -0.25) is 14.6 Å². The van der Waals surface area contributed by atoms with Gasteiger partial charge in [0.1, 0.15) is 16.7 Å². The third-order valence-corrected chi connectivity index (χ3v) is 5.77. The van der Waals surface area contributed by atoms with Crippen LogP contribution in [0.3, 0.4) is 0 Å². The van der Waals surface area contributed by atoms with Gasteiger partial charge in [0.15, 0.2) is 0 Å². The van der Waals surface area contributed by atoms with Crippen LogP contribution < -0.4 is 0 Å². The fourth-order valence-electron chi connectivity index (χ4n) is 2.52. The molecule has 1 atom stereocenters. The molecule has 0 amide bonds. The normalized spacial score (nSPS) is 18.7. The Morgan fingerprint density at radius 1 is 1.22 bits per heavy atom. The molecule has 1 unspecified atom stereocenters. The van der Waals surface area contributed by atoms with E-state index in [-0.39, 0.29) is 50.1 Å². The second kappa shape index (κ2) is 7.65. The molecule has 1 heterocycles. The average molecular weight is 431 g/mol. The van der Waals surface area contributed by atoms with Crippen molar-refractivity contribution in [2.24, 2.45) is 4.99 Å². The Balaban J connectivity index is 2.02. The van der Waals surface area contributed by atoms with Crippen LogP contribution in [0.4, 0.5) is 18.9 Å². The fourth-order valence-corrected chi connectivity index (χ4v) is 4.07. The van der Waals surface area contributed by atoms with Crippen molar-refractivity contribution in [3.63, 3.8) is 0 Å². The van der Waals surface area contributed by atoms with Crippen molar-refractivity contribution < 1.29 is 22.8 Å². The Kier molecular flexibility index (Phi) is 5.64. The number of aromatic nitrogens is 1. The van der Waals surface area contributed by atoms with E-state index in [1.54, 1.807) is 12.3 Å². The number of carbonyl (C=O) groups excluding carboxylic acids is 2. The number of alkyl halides is 3. The van der Waals surface area contributed by atoms with Crippen LogP contribution in [0.25, 0.3) is 0 Å². The van der Waals surface area contributed by atoms with Crippen LogP contribution in [0.5, 0.6) is 0 Å². The number of thioether (sulfide) groups is 2. The zero-order valence-electron chi connectivity index (χ0n) is 13.6. The van der Waals surface area contributed by atoms with Gasteiger partial charge >= 0.3 is 5.51 Å². The van der Waals surface area contributed by atoms with Gasteiger partial charge in [-0.05, 0) is 48.3 Å². The van der Waals surface area contributed by atoms with Crippen LogP contribution in [0, 0.1) is 0 Å². The Morgan fingerprint density at radius 3 is 2.59 bits per heavy atom. The summed E-state index contributed by atoms with van der Waals surface area (Å²) in [6.07, 6.45) is 3.09. The quantitative estimate of drug-likeness (QED) is 0.624. The Hall–Kier alpha value is -1.84. The molecule has 0 saturated heterocycles. The van der Waals surface area contributed by atoms with Crippen molar-refractivity contribution in [2.75, 3.05) is 6.26 Å². The van der Waals surface area contributed by atoms with Crippen molar-refractivity contribution >= 4 is 58.1 Å². The van der Waals surface area contributed by atoms with Crippen molar-refractivity contribution in [3.8, 4) is 0 Å². The first-order valence-electron chi connectivity index (χ1n) is 7.42. The van der Waals surface area contributed by atoms with Crippen molar-refractivity contribution in [1.29, 1.82) is 0 Å². The lowest BCUT2D eigenvalue weighted by Crippen LogP contribution is -2.39. The van der Waals surface area contributed by atoms with Crippen molar-refractivity contribution in [1.82, 2.24) is 4.98 Å². The average Bonchev–Trinajstić information content (AvgIpc) is 2.61. The Bertz CT molecular complexity index is 963. The molecule has 1 aliphatic carbocycles. The minimum absolute atomic E-state index is 0.000270. The van der Waals surface area contributed by atoms with E-state index in [4.69, 9.17) is 11.6 Å². The van der Waals surface area contributed by atoms with Gasteiger partial charge in [0.05, 0.1) is 16.3 Å². The first kappa shape index (κ1) is 19.9. The molecule has 0 radical (unpaired) electrons. The van der Waals surface area contributed by atoms with Gasteiger partial charge in [0.25, 0.3) is 0 Å². The van der Waals surface area contributed by atoms with Crippen LogP contribution in [0.15, 0.2) is 46.4 Å². The number of nitrogens with zero attached hydrogens (tertiary/aromatic N) is 2. The molecule has 0 N–H and O–H groups in total. The summed E-state index contributed by atoms with van der Waals surface area (Å²) in [6.45, 7) is 0. The molecule has 10 heteroatoms. The van der Waals surface area contributed by atoms with E-state index < -0.39 is 16.5 Å². The van der Waals surface area contributed by atoms with E-state index in [0.717, 1.165) is 11.8 Å². The summed E-state index contributed by atoms with van der Waals surface area (Å²) in [5.41, 5.74) is -4.03. The first-order chi connectivity index (χ1) is 12.7. The number of halogens is 4. The number of aliphatic imine (C=N–C) groups is 1. The predicted molar refractivity (Wildman–Crippen MR) is 101 cm³/mol. The Labute approximate surface area is 165 Å². The van der Waals surface area contributed by atoms with Crippen LogP contribution in [0.1, 0.15) is 20.8 Å². The third-order valence-electron chi connectivity index (χ3n) is 3.63. The molecule has 0 aliphatic heterocycles. The van der Waals surface area contributed by atoms with Gasteiger partial charge in [0.2, 0.25) is 11.6 Å². The molecular weight excluding hydrogens is 421 g/mol. The van der Waals surface area contributed by atoms with Crippen molar-refractivity contribution in [3.05, 3.63) is 52.8 Å². The molecule has 3 rings (SSSR count). The maximum atomic E-state index is 12.8. The largest absolute Gasteiger partial charge is 0.446 e. The van der Waals surface area contributed by atoms with Gasteiger partial charge < -0.3 is 0 Å². The fraction of sp³-hybridized carbons (Fsp3) is 0.176.